The van der Waals surface area contributed by atoms with Crippen molar-refractivity contribution in [2.45, 2.75) is 25.8 Å². The van der Waals surface area contributed by atoms with Crippen LogP contribution in [0.3, 0.4) is 0 Å². The molecule has 0 saturated heterocycles. The van der Waals surface area contributed by atoms with Crippen molar-refractivity contribution in [2.24, 2.45) is 0 Å². The summed E-state index contributed by atoms with van der Waals surface area (Å²) < 4.78 is 24.1. The second kappa shape index (κ2) is 8.21. The van der Waals surface area contributed by atoms with Crippen LogP contribution in [0.15, 0.2) is 36.4 Å². The summed E-state index contributed by atoms with van der Waals surface area (Å²) in [4.78, 5) is 12.0. The van der Waals surface area contributed by atoms with Gasteiger partial charge in [0.1, 0.15) is 5.82 Å². The first kappa shape index (κ1) is 17.5. The third-order valence-electron chi connectivity index (χ3n) is 3.91. The Kier molecular flexibility index (Phi) is 5.76. The minimum absolute atomic E-state index is 0.0763. The maximum atomic E-state index is 12.9. The third kappa shape index (κ3) is 4.86. The van der Waals surface area contributed by atoms with Crippen LogP contribution in [-0.4, -0.2) is 19.1 Å². The summed E-state index contributed by atoms with van der Waals surface area (Å²) >= 11 is 6.24. The second-order valence-electron chi connectivity index (χ2n) is 5.86. The maximum absolute atomic E-state index is 12.9. The zero-order valence-corrected chi connectivity index (χ0v) is 14.4. The second-order valence-corrected chi connectivity index (χ2v) is 6.27. The van der Waals surface area contributed by atoms with Gasteiger partial charge in [-0.15, -0.1) is 0 Å². The van der Waals surface area contributed by atoms with E-state index in [0.717, 1.165) is 17.5 Å². The molecule has 25 heavy (non-hydrogen) atoms. The molecule has 0 saturated carbocycles. The number of hydrogen-bond acceptors (Lipinski definition) is 3. The van der Waals surface area contributed by atoms with E-state index in [9.17, 15) is 9.18 Å². The van der Waals surface area contributed by atoms with E-state index in [1.54, 1.807) is 18.2 Å². The lowest BCUT2D eigenvalue weighted by Gasteiger charge is -2.12. The van der Waals surface area contributed by atoms with Crippen LogP contribution in [0.1, 0.15) is 24.0 Å². The highest BCUT2D eigenvalue weighted by atomic mass is 35.5. The summed E-state index contributed by atoms with van der Waals surface area (Å²) in [5.41, 5.74) is 1.78. The van der Waals surface area contributed by atoms with E-state index in [0.29, 0.717) is 49.1 Å². The van der Waals surface area contributed by atoms with Gasteiger partial charge >= 0.3 is 0 Å². The van der Waals surface area contributed by atoms with Gasteiger partial charge in [0, 0.05) is 19.4 Å². The fraction of sp³-hybridized carbons (Fsp3) is 0.316. The van der Waals surface area contributed by atoms with Gasteiger partial charge in [0.05, 0.1) is 18.2 Å². The molecule has 1 N–H and O–H groups in total. The van der Waals surface area contributed by atoms with E-state index in [4.69, 9.17) is 21.1 Å². The molecule has 2 aromatic rings. The van der Waals surface area contributed by atoms with E-state index >= 15 is 0 Å². The Morgan fingerprint density at radius 3 is 2.68 bits per heavy atom. The molecule has 2 aromatic carbocycles. The van der Waals surface area contributed by atoms with Crippen molar-refractivity contribution in [3.63, 3.8) is 0 Å². The Labute approximate surface area is 150 Å². The number of hydrogen-bond donors (Lipinski definition) is 1. The van der Waals surface area contributed by atoms with Crippen molar-refractivity contribution < 1.29 is 18.7 Å². The summed E-state index contributed by atoms with van der Waals surface area (Å²) in [5, 5.41) is 3.34. The average molecular weight is 364 g/mol. The quantitative estimate of drug-likeness (QED) is 0.876. The lowest BCUT2D eigenvalue weighted by Crippen LogP contribution is -2.23. The van der Waals surface area contributed by atoms with Gasteiger partial charge in [0.25, 0.3) is 0 Å². The molecule has 3 rings (SSSR count). The lowest BCUT2D eigenvalue weighted by molar-refractivity contribution is -0.121. The van der Waals surface area contributed by atoms with Crippen LogP contribution < -0.4 is 14.8 Å². The molecule has 0 aliphatic carbocycles. The first-order valence-electron chi connectivity index (χ1n) is 8.21. The number of carbonyl (C=O) groups is 1. The highest BCUT2D eigenvalue weighted by Gasteiger charge is 2.15. The van der Waals surface area contributed by atoms with Crippen molar-refractivity contribution in [1.29, 1.82) is 0 Å². The monoisotopic (exact) mass is 363 g/mol. The van der Waals surface area contributed by atoms with Gasteiger partial charge in [0.15, 0.2) is 11.5 Å². The molecular formula is C19H19ClFNO3. The molecule has 0 fully saturated rings. The standard InChI is InChI=1S/C19H19ClFNO3/c20-16-10-14(11-17-19(16)25-9-1-8-24-17)12-22-18(23)7-4-13-2-5-15(21)6-3-13/h2-3,5-6,10-11H,1,4,7-9,12H2,(H,22,23). The Balaban J connectivity index is 1.54. The summed E-state index contributed by atoms with van der Waals surface area (Å²) in [7, 11) is 0. The highest BCUT2D eigenvalue weighted by molar-refractivity contribution is 6.32. The highest BCUT2D eigenvalue weighted by Crippen LogP contribution is 2.37. The predicted octanol–water partition coefficient (Wildman–Crippen LogP) is 3.89. The molecule has 0 bridgehead atoms. The molecule has 0 aromatic heterocycles. The van der Waals surface area contributed by atoms with Gasteiger partial charge in [0.2, 0.25) is 5.91 Å². The van der Waals surface area contributed by atoms with Gasteiger partial charge in [-0.3, -0.25) is 4.79 Å². The minimum atomic E-state index is -0.278. The van der Waals surface area contributed by atoms with E-state index < -0.39 is 0 Å². The number of halogens is 2. The topological polar surface area (TPSA) is 47.6 Å². The Morgan fingerprint density at radius 1 is 1.12 bits per heavy atom. The van der Waals surface area contributed by atoms with Crippen LogP contribution >= 0.6 is 11.6 Å². The van der Waals surface area contributed by atoms with E-state index in [2.05, 4.69) is 5.32 Å². The van der Waals surface area contributed by atoms with Gasteiger partial charge < -0.3 is 14.8 Å². The molecule has 132 valence electrons. The molecule has 0 radical (unpaired) electrons. The number of ether oxygens (including phenoxy) is 2. The molecular weight excluding hydrogens is 345 g/mol. The van der Waals surface area contributed by atoms with Crippen LogP contribution in [0.25, 0.3) is 0 Å². The van der Waals surface area contributed by atoms with E-state index in [-0.39, 0.29) is 11.7 Å². The smallest absolute Gasteiger partial charge is 0.220 e. The SMILES string of the molecule is O=C(CCc1ccc(F)cc1)NCc1cc(Cl)c2c(c1)OCCCO2. The maximum Gasteiger partial charge on any atom is 0.220 e. The molecule has 0 unspecified atom stereocenters. The fourth-order valence-electron chi connectivity index (χ4n) is 2.58. The van der Waals surface area contributed by atoms with Gasteiger partial charge in [-0.25, -0.2) is 4.39 Å². The molecule has 0 atom stereocenters. The minimum Gasteiger partial charge on any atom is -0.489 e. The average Bonchev–Trinajstić information content (AvgIpc) is 2.85. The number of fused-ring (bicyclic) bond motifs is 1. The van der Waals surface area contributed by atoms with Gasteiger partial charge in [-0.1, -0.05) is 23.7 Å². The van der Waals surface area contributed by atoms with Crippen molar-refractivity contribution in [1.82, 2.24) is 5.32 Å². The van der Waals surface area contributed by atoms with Crippen molar-refractivity contribution in [3.8, 4) is 11.5 Å². The first-order chi connectivity index (χ1) is 12.1. The summed E-state index contributed by atoms with van der Waals surface area (Å²) in [5.74, 6) is 0.818. The predicted molar refractivity (Wildman–Crippen MR) is 93.6 cm³/mol. The van der Waals surface area contributed by atoms with Crippen LogP contribution in [0.2, 0.25) is 5.02 Å². The molecule has 1 heterocycles. The largest absolute Gasteiger partial charge is 0.489 e. The Hall–Kier alpha value is -2.27. The molecule has 1 amide bonds. The van der Waals surface area contributed by atoms with Crippen LogP contribution in [0.4, 0.5) is 4.39 Å². The van der Waals surface area contributed by atoms with Crippen LogP contribution in [0.5, 0.6) is 11.5 Å². The molecule has 1 aliphatic rings. The zero-order valence-electron chi connectivity index (χ0n) is 13.7. The molecule has 0 spiro atoms. The number of aryl methyl sites for hydroxylation is 1. The third-order valence-corrected chi connectivity index (χ3v) is 4.19. The van der Waals surface area contributed by atoms with Crippen LogP contribution in [0, 0.1) is 5.82 Å². The summed E-state index contributed by atoms with van der Waals surface area (Å²) in [6, 6.07) is 9.78. The fourth-order valence-corrected chi connectivity index (χ4v) is 2.87. The van der Waals surface area contributed by atoms with E-state index in [1.165, 1.54) is 12.1 Å². The first-order valence-corrected chi connectivity index (χ1v) is 8.59. The van der Waals surface area contributed by atoms with E-state index in [1.807, 2.05) is 6.07 Å². The number of benzene rings is 2. The number of amides is 1. The van der Waals surface area contributed by atoms with Crippen molar-refractivity contribution >= 4 is 17.5 Å². The summed E-state index contributed by atoms with van der Waals surface area (Å²) in [6.07, 6.45) is 1.71. The van der Waals surface area contributed by atoms with Crippen molar-refractivity contribution in [2.75, 3.05) is 13.2 Å². The van der Waals surface area contributed by atoms with Crippen molar-refractivity contribution in [3.05, 3.63) is 58.4 Å². The Morgan fingerprint density at radius 2 is 1.88 bits per heavy atom. The van der Waals surface area contributed by atoms with Gasteiger partial charge in [-0.05, 0) is 41.8 Å². The number of carbonyl (C=O) groups excluding carboxylic acids is 1. The zero-order chi connectivity index (χ0) is 17.6. The normalized spacial score (nSPS) is 13.2. The Bertz CT molecular complexity index is 749. The molecule has 6 heteroatoms. The van der Waals surface area contributed by atoms with Crippen LogP contribution in [-0.2, 0) is 17.8 Å². The number of rotatable bonds is 5. The summed E-state index contributed by atoms with van der Waals surface area (Å²) in [6.45, 7) is 1.52. The molecule has 1 aliphatic heterocycles. The molecule has 4 nitrogen and oxygen atoms in total. The number of nitrogens with one attached hydrogen (secondary N) is 1. The lowest BCUT2D eigenvalue weighted by atomic mass is 10.1. The van der Waals surface area contributed by atoms with Gasteiger partial charge in [-0.2, -0.15) is 0 Å².